The Morgan fingerprint density at radius 3 is 2.45 bits per heavy atom. The zero-order valence-corrected chi connectivity index (χ0v) is 13.8. The molecule has 0 atom stereocenters. The average Bonchev–Trinajstić information content (AvgIpc) is 2.90. The van der Waals surface area contributed by atoms with Gasteiger partial charge < -0.3 is 4.57 Å². The van der Waals surface area contributed by atoms with E-state index in [-0.39, 0.29) is 0 Å². The van der Waals surface area contributed by atoms with Crippen molar-refractivity contribution in [1.29, 1.82) is 0 Å². The van der Waals surface area contributed by atoms with Gasteiger partial charge in [0.1, 0.15) is 0 Å². The molecule has 22 heavy (non-hydrogen) atoms. The zero-order chi connectivity index (χ0) is 15.4. The Morgan fingerprint density at radius 1 is 1.00 bits per heavy atom. The van der Waals surface area contributed by atoms with Gasteiger partial charge in [0.15, 0.2) is 11.0 Å². The van der Waals surface area contributed by atoms with Crippen molar-refractivity contribution in [2.45, 2.75) is 11.6 Å². The number of aryl methyl sites for hydroxylation is 1. The normalized spacial score (nSPS) is 10.8. The van der Waals surface area contributed by atoms with Crippen molar-refractivity contribution in [2.24, 2.45) is 7.05 Å². The Morgan fingerprint density at radius 2 is 1.73 bits per heavy atom. The molecule has 3 nitrogen and oxygen atoms in total. The van der Waals surface area contributed by atoms with Gasteiger partial charge >= 0.3 is 0 Å². The van der Waals surface area contributed by atoms with E-state index in [4.69, 9.17) is 11.6 Å². The highest BCUT2D eigenvalue weighted by Gasteiger charge is 2.10. The van der Waals surface area contributed by atoms with E-state index in [1.54, 1.807) is 11.8 Å². The molecule has 0 amide bonds. The van der Waals surface area contributed by atoms with Gasteiger partial charge in [0.05, 0.1) is 0 Å². The van der Waals surface area contributed by atoms with Crippen LogP contribution < -0.4 is 0 Å². The summed E-state index contributed by atoms with van der Waals surface area (Å²) in [7, 11) is 1.99. The SMILES string of the molecule is Cn1c(SCCc2ccccc2)nnc1-c1ccc(Cl)cc1. The first-order valence-corrected chi connectivity index (χ1v) is 8.42. The van der Waals surface area contributed by atoms with Crippen molar-refractivity contribution in [1.82, 2.24) is 14.8 Å². The number of halogens is 1. The maximum absolute atomic E-state index is 5.92. The maximum Gasteiger partial charge on any atom is 0.191 e. The van der Waals surface area contributed by atoms with Crippen molar-refractivity contribution in [3.8, 4) is 11.4 Å². The number of nitrogens with zero attached hydrogens (tertiary/aromatic N) is 3. The van der Waals surface area contributed by atoms with Crippen molar-refractivity contribution in [2.75, 3.05) is 5.75 Å². The summed E-state index contributed by atoms with van der Waals surface area (Å²) in [5, 5.41) is 10.2. The monoisotopic (exact) mass is 329 g/mol. The molecule has 112 valence electrons. The van der Waals surface area contributed by atoms with Gasteiger partial charge in [-0.2, -0.15) is 0 Å². The molecule has 0 saturated carbocycles. The summed E-state index contributed by atoms with van der Waals surface area (Å²) in [4.78, 5) is 0. The first-order valence-electron chi connectivity index (χ1n) is 7.06. The lowest BCUT2D eigenvalue weighted by Crippen LogP contribution is -1.96. The van der Waals surface area contributed by atoms with Crippen LogP contribution >= 0.6 is 23.4 Å². The van der Waals surface area contributed by atoms with Crippen molar-refractivity contribution in [3.63, 3.8) is 0 Å². The third kappa shape index (κ3) is 3.51. The van der Waals surface area contributed by atoms with Gasteiger partial charge in [-0.05, 0) is 36.2 Å². The Balaban J connectivity index is 1.67. The molecule has 0 aliphatic carbocycles. The first-order chi connectivity index (χ1) is 10.7. The molecule has 0 N–H and O–H groups in total. The number of benzene rings is 2. The Hall–Kier alpha value is -1.78. The second-order valence-corrected chi connectivity index (χ2v) is 6.45. The molecule has 0 aliphatic rings. The van der Waals surface area contributed by atoms with Crippen LogP contribution in [0.3, 0.4) is 0 Å². The number of hydrogen-bond acceptors (Lipinski definition) is 3. The summed E-state index contributed by atoms with van der Waals surface area (Å²) >= 11 is 7.65. The highest BCUT2D eigenvalue weighted by Crippen LogP contribution is 2.24. The van der Waals surface area contributed by atoms with Gasteiger partial charge in [0.25, 0.3) is 0 Å². The van der Waals surface area contributed by atoms with Crippen molar-refractivity contribution < 1.29 is 0 Å². The van der Waals surface area contributed by atoms with Crippen LogP contribution in [0.1, 0.15) is 5.56 Å². The molecule has 0 saturated heterocycles. The fourth-order valence-corrected chi connectivity index (χ4v) is 3.22. The smallest absolute Gasteiger partial charge is 0.191 e. The van der Waals surface area contributed by atoms with Crippen LogP contribution in [-0.2, 0) is 13.5 Å². The van der Waals surface area contributed by atoms with Gasteiger partial charge in [-0.3, -0.25) is 0 Å². The number of rotatable bonds is 5. The lowest BCUT2D eigenvalue weighted by atomic mass is 10.2. The summed E-state index contributed by atoms with van der Waals surface area (Å²) in [5.41, 5.74) is 2.37. The van der Waals surface area contributed by atoms with Crippen LogP contribution in [0.4, 0.5) is 0 Å². The number of hydrogen-bond donors (Lipinski definition) is 0. The lowest BCUT2D eigenvalue weighted by Gasteiger charge is -2.04. The fourth-order valence-electron chi connectivity index (χ4n) is 2.20. The highest BCUT2D eigenvalue weighted by molar-refractivity contribution is 7.99. The van der Waals surface area contributed by atoms with Crippen molar-refractivity contribution in [3.05, 3.63) is 65.2 Å². The molecule has 3 rings (SSSR count). The van der Waals surface area contributed by atoms with Crippen LogP contribution in [0.25, 0.3) is 11.4 Å². The molecule has 5 heteroatoms. The molecule has 0 radical (unpaired) electrons. The zero-order valence-electron chi connectivity index (χ0n) is 12.2. The molecule has 0 aliphatic heterocycles. The molecule has 3 aromatic rings. The second kappa shape index (κ2) is 6.99. The van der Waals surface area contributed by atoms with Crippen LogP contribution in [-0.4, -0.2) is 20.5 Å². The average molecular weight is 330 g/mol. The van der Waals surface area contributed by atoms with E-state index >= 15 is 0 Å². The molecular weight excluding hydrogens is 314 g/mol. The van der Waals surface area contributed by atoms with E-state index < -0.39 is 0 Å². The fraction of sp³-hybridized carbons (Fsp3) is 0.176. The van der Waals surface area contributed by atoms with Gasteiger partial charge in [0, 0.05) is 23.4 Å². The molecule has 0 fully saturated rings. The molecule has 0 unspecified atom stereocenters. The van der Waals surface area contributed by atoms with E-state index in [1.165, 1.54) is 5.56 Å². The number of thioether (sulfide) groups is 1. The van der Waals surface area contributed by atoms with E-state index in [0.717, 1.165) is 33.7 Å². The minimum atomic E-state index is 0.725. The first kappa shape index (κ1) is 15.1. The van der Waals surface area contributed by atoms with Gasteiger partial charge in [-0.15, -0.1) is 10.2 Å². The summed E-state index contributed by atoms with van der Waals surface area (Å²) < 4.78 is 2.03. The predicted molar refractivity (Wildman–Crippen MR) is 92.3 cm³/mol. The second-order valence-electron chi connectivity index (χ2n) is 4.96. The Labute approximate surface area is 139 Å². The largest absolute Gasteiger partial charge is 0.305 e. The van der Waals surface area contributed by atoms with Crippen LogP contribution in [0, 0.1) is 0 Å². The lowest BCUT2D eigenvalue weighted by molar-refractivity contribution is 0.793. The Kier molecular flexibility index (Phi) is 4.80. The molecule has 2 aromatic carbocycles. The van der Waals surface area contributed by atoms with Crippen LogP contribution in [0.15, 0.2) is 59.8 Å². The third-order valence-electron chi connectivity index (χ3n) is 3.40. The molecule has 1 aromatic heterocycles. The summed E-state index contributed by atoms with van der Waals surface area (Å²) in [5.74, 6) is 1.84. The topological polar surface area (TPSA) is 30.7 Å². The van der Waals surface area contributed by atoms with Gasteiger partial charge in [-0.1, -0.05) is 53.7 Å². The van der Waals surface area contributed by atoms with E-state index in [2.05, 4.69) is 34.5 Å². The van der Waals surface area contributed by atoms with Crippen molar-refractivity contribution >= 4 is 23.4 Å². The molecule has 1 heterocycles. The molecular formula is C17H16ClN3S. The molecule has 0 spiro atoms. The minimum Gasteiger partial charge on any atom is -0.305 e. The highest BCUT2D eigenvalue weighted by atomic mass is 35.5. The van der Waals surface area contributed by atoms with E-state index in [0.29, 0.717) is 0 Å². The standard InChI is InChI=1S/C17H16ClN3S/c1-21-16(14-7-9-15(18)10-8-14)19-20-17(21)22-12-11-13-5-3-2-4-6-13/h2-10H,11-12H2,1H3. The van der Waals surface area contributed by atoms with E-state index in [1.807, 2.05) is 41.9 Å². The Bertz CT molecular complexity index is 738. The summed E-state index contributed by atoms with van der Waals surface area (Å²) in [6.07, 6.45) is 1.02. The third-order valence-corrected chi connectivity index (χ3v) is 4.68. The summed E-state index contributed by atoms with van der Waals surface area (Å²) in [6, 6.07) is 18.1. The predicted octanol–water partition coefficient (Wildman–Crippen LogP) is 4.47. The molecule has 0 bridgehead atoms. The van der Waals surface area contributed by atoms with Crippen LogP contribution in [0.2, 0.25) is 5.02 Å². The van der Waals surface area contributed by atoms with E-state index in [9.17, 15) is 0 Å². The summed E-state index contributed by atoms with van der Waals surface area (Å²) in [6.45, 7) is 0. The van der Waals surface area contributed by atoms with Gasteiger partial charge in [-0.25, -0.2) is 0 Å². The van der Waals surface area contributed by atoms with Crippen LogP contribution in [0.5, 0.6) is 0 Å². The minimum absolute atomic E-state index is 0.725. The number of aromatic nitrogens is 3. The van der Waals surface area contributed by atoms with Gasteiger partial charge in [0.2, 0.25) is 0 Å². The maximum atomic E-state index is 5.92. The quantitative estimate of drug-likeness (QED) is 0.647.